The highest BCUT2D eigenvalue weighted by molar-refractivity contribution is 7.89. The highest BCUT2D eigenvalue weighted by Gasteiger charge is 2.13. The van der Waals surface area contributed by atoms with Crippen molar-refractivity contribution in [2.75, 3.05) is 18.5 Å². The lowest BCUT2D eigenvalue weighted by Gasteiger charge is -2.10. The van der Waals surface area contributed by atoms with Crippen molar-refractivity contribution in [1.82, 2.24) is 4.72 Å². The van der Waals surface area contributed by atoms with Gasteiger partial charge in [-0.3, -0.25) is 4.79 Å². The molecule has 1 amide bonds. The average Bonchev–Trinajstić information content (AvgIpc) is 2.80. The van der Waals surface area contributed by atoms with Gasteiger partial charge in [0, 0.05) is 12.2 Å². The molecule has 0 unspecified atom stereocenters. The Morgan fingerprint density at radius 1 is 0.844 bits per heavy atom. The summed E-state index contributed by atoms with van der Waals surface area (Å²) in [6.07, 6.45) is 1.68. The summed E-state index contributed by atoms with van der Waals surface area (Å²) in [5.74, 6) is 1.46. The molecule has 0 saturated carbocycles. The van der Waals surface area contributed by atoms with E-state index in [4.69, 9.17) is 9.47 Å². The summed E-state index contributed by atoms with van der Waals surface area (Å²) in [4.78, 5) is 12.3. The first-order valence-electron chi connectivity index (χ1n) is 10.3. The molecule has 8 heteroatoms. The van der Waals surface area contributed by atoms with Crippen molar-refractivity contribution in [2.24, 2.45) is 0 Å². The predicted octanol–water partition coefficient (Wildman–Crippen LogP) is 4.57. The van der Waals surface area contributed by atoms with Gasteiger partial charge in [0.05, 0.1) is 4.90 Å². The van der Waals surface area contributed by atoms with Gasteiger partial charge in [-0.2, -0.15) is 0 Å². The Morgan fingerprint density at radius 2 is 1.47 bits per heavy atom. The van der Waals surface area contributed by atoms with Crippen LogP contribution in [0, 0.1) is 0 Å². The first kappa shape index (κ1) is 23.3. The Morgan fingerprint density at radius 3 is 2.12 bits per heavy atom. The third-order valence-electron chi connectivity index (χ3n) is 4.44. The van der Waals surface area contributed by atoms with Gasteiger partial charge >= 0.3 is 0 Å². The minimum atomic E-state index is -3.54. The number of amides is 1. The zero-order valence-corrected chi connectivity index (χ0v) is 18.6. The monoisotopic (exact) mass is 454 g/mol. The smallest absolute Gasteiger partial charge is 0.262 e. The third kappa shape index (κ3) is 7.11. The Kier molecular flexibility index (Phi) is 8.24. The largest absolute Gasteiger partial charge is 0.484 e. The molecular formula is C24H26N2O5S. The summed E-state index contributed by atoms with van der Waals surface area (Å²) >= 11 is 0. The van der Waals surface area contributed by atoms with Crippen LogP contribution in [-0.4, -0.2) is 27.5 Å². The first-order valence-corrected chi connectivity index (χ1v) is 11.8. The summed E-state index contributed by atoms with van der Waals surface area (Å²) in [6.45, 7) is 2.19. The molecule has 3 rings (SSSR count). The molecule has 0 atom stereocenters. The highest BCUT2D eigenvalue weighted by Crippen LogP contribution is 2.22. The molecule has 0 aliphatic heterocycles. The maximum Gasteiger partial charge on any atom is 0.262 e. The van der Waals surface area contributed by atoms with E-state index in [0.29, 0.717) is 23.7 Å². The van der Waals surface area contributed by atoms with E-state index in [1.54, 1.807) is 24.3 Å². The number of rotatable bonds is 11. The van der Waals surface area contributed by atoms with Gasteiger partial charge in [0.25, 0.3) is 5.91 Å². The number of carbonyl (C=O) groups excluding carboxylic acids is 1. The van der Waals surface area contributed by atoms with Crippen LogP contribution in [0.5, 0.6) is 17.2 Å². The second-order valence-corrected chi connectivity index (χ2v) is 8.77. The molecule has 0 aliphatic rings. The van der Waals surface area contributed by atoms with E-state index in [1.165, 1.54) is 24.3 Å². The highest BCUT2D eigenvalue weighted by atomic mass is 32.2. The number of sulfonamides is 1. The normalized spacial score (nSPS) is 11.0. The fraction of sp³-hybridized carbons (Fsp3) is 0.208. The van der Waals surface area contributed by atoms with Crippen LogP contribution < -0.4 is 19.5 Å². The summed E-state index contributed by atoms with van der Waals surface area (Å²) in [6, 6.07) is 22.4. The number of unbranched alkanes of at least 4 members (excludes halogenated alkanes) is 1. The molecule has 3 aromatic rings. The van der Waals surface area contributed by atoms with E-state index in [-0.39, 0.29) is 17.4 Å². The second-order valence-electron chi connectivity index (χ2n) is 7.00. The SMILES string of the molecule is CCCCNS(=O)(=O)c1ccc(OCC(=O)Nc2ccc(Oc3ccccc3)cc2)cc1. The Bertz CT molecular complexity index is 1100. The van der Waals surface area contributed by atoms with Crippen LogP contribution in [0.3, 0.4) is 0 Å². The van der Waals surface area contributed by atoms with Crippen molar-refractivity contribution in [2.45, 2.75) is 24.7 Å². The van der Waals surface area contributed by atoms with Crippen molar-refractivity contribution < 1.29 is 22.7 Å². The zero-order valence-electron chi connectivity index (χ0n) is 17.8. The lowest BCUT2D eigenvalue weighted by atomic mass is 10.3. The van der Waals surface area contributed by atoms with Gasteiger partial charge in [-0.25, -0.2) is 13.1 Å². The van der Waals surface area contributed by atoms with Crippen LogP contribution in [0.1, 0.15) is 19.8 Å². The number of anilines is 1. The van der Waals surface area contributed by atoms with Gasteiger partial charge in [-0.15, -0.1) is 0 Å². The first-order chi connectivity index (χ1) is 15.5. The second kappa shape index (κ2) is 11.3. The number of ether oxygens (including phenoxy) is 2. The number of hydrogen-bond donors (Lipinski definition) is 2. The lowest BCUT2D eigenvalue weighted by Crippen LogP contribution is -2.24. The van der Waals surface area contributed by atoms with E-state index in [2.05, 4.69) is 10.0 Å². The van der Waals surface area contributed by atoms with Crippen LogP contribution in [0.4, 0.5) is 5.69 Å². The van der Waals surface area contributed by atoms with Crippen molar-refractivity contribution >= 4 is 21.6 Å². The quantitative estimate of drug-likeness (QED) is 0.414. The van der Waals surface area contributed by atoms with Gasteiger partial charge < -0.3 is 14.8 Å². The number of hydrogen-bond acceptors (Lipinski definition) is 5. The molecular weight excluding hydrogens is 428 g/mol. The van der Waals surface area contributed by atoms with Crippen molar-refractivity contribution in [1.29, 1.82) is 0 Å². The summed E-state index contributed by atoms with van der Waals surface area (Å²) in [7, 11) is -3.54. The average molecular weight is 455 g/mol. The maximum absolute atomic E-state index is 12.2. The van der Waals surface area contributed by atoms with Crippen LogP contribution in [0.15, 0.2) is 83.8 Å². The molecule has 3 aromatic carbocycles. The standard InChI is InChI=1S/C24H26N2O5S/c1-2-3-17-25-32(28,29)23-15-13-20(14-16-23)30-18-24(27)26-19-9-11-22(12-10-19)31-21-7-5-4-6-8-21/h4-16,25H,2-3,17-18H2,1H3,(H,26,27). The van der Waals surface area contributed by atoms with Crippen molar-refractivity contribution in [3.63, 3.8) is 0 Å². The Hall–Kier alpha value is -3.36. The molecule has 2 N–H and O–H groups in total. The summed E-state index contributed by atoms with van der Waals surface area (Å²) < 4.78 is 38.1. The topological polar surface area (TPSA) is 93.7 Å². The Labute approximate surface area is 188 Å². The minimum Gasteiger partial charge on any atom is -0.484 e. The van der Waals surface area contributed by atoms with E-state index in [0.717, 1.165) is 18.6 Å². The number of carbonyl (C=O) groups is 1. The molecule has 0 fully saturated rings. The molecule has 0 aliphatic carbocycles. The molecule has 0 saturated heterocycles. The van der Waals surface area contributed by atoms with Crippen LogP contribution in [0.2, 0.25) is 0 Å². The van der Waals surface area contributed by atoms with E-state index in [1.807, 2.05) is 37.3 Å². The van der Waals surface area contributed by atoms with E-state index >= 15 is 0 Å². The Balaban J connectivity index is 1.47. The molecule has 0 aromatic heterocycles. The molecule has 0 heterocycles. The van der Waals surface area contributed by atoms with Gasteiger partial charge in [0.2, 0.25) is 10.0 Å². The number of para-hydroxylation sites is 1. The molecule has 0 spiro atoms. The maximum atomic E-state index is 12.2. The minimum absolute atomic E-state index is 0.156. The van der Waals surface area contributed by atoms with Gasteiger partial charge in [0.15, 0.2) is 6.61 Å². The fourth-order valence-corrected chi connectivity index (χ4v) is 3.83. The molecule has 32 heavy (non-hydrogen) atoms. The fourth-order valence-electron chi connectivity index (χ4n) is 2.76. The van der Waals surface area contributed by atoms with Crippen molar-refractivity contribution in [3.05, 3.63) is 78.9 Å². The van der Waals surface area contributed by atoms with E-state index in [9.17, 15) is 13.2 Å². The van der Waals surface area contributed by atoms with E-state index < -0.39 is 10.0 Å². The molecule has 0 bridgehead atoms. The lowest BCUT2D eigenvalue weighted by molar-refractivity contribution is -0.118. The number of nitrogens with one attached hydrogen (secondary N) is 2. The molecule has 168 valence electrons. The van der Waals surface area contributed by atoms with Crippen LogP contribution in [0.25, 0.3) is 0 Å². The third-order valence-corrected chi connectivity index (χ3v) is 5.92. The summed E-state index contributed by atoms with van der Waals surface area (Å²) in [5.41, 5.74) is 0.610. The zero-order chi connectivity index (χ0) is 22.8. The van der Waals surface area contributed by atoms with Gasteiger partial charge in [-0.1, -0.05) is 31.5 Å². The molecule has 0 radical (unpaired) electrons. The van der Waals surface area contributed by atoms with Crippen LogP contribution in [-0.2, 0) is 14.8 Å². The van der Waals surface area contributed by atoms with Gasteiger partial charge in [0.1, 0.15) is 17.2 Å². The van der Waals surface area contributed by atoms with Crippen molar-refractivity contribution in [3.8, 4) is 17.2 Å². The summed E-state index contributed by atoms with van der Waals surface area (Å²) in [5, 5.41) is 2.74. The van der Waals surface area contributed by atoms with Crippen LogP contribution >= 0.6 is 0 Å². The molecule has 7 nitrogen and oxygen atoms in total. The van der Waals surface area contributed by atoms with Gasteiger partial charge in [-0.05, 0) is 67.1 Å². The predicted molar refractivity (Wildman–Crippen MR) is 124 cm³/mol. The number of benzene rings is 3.